The van der Waals surface area contributed by atoms with Gasteiger partial charge in [-0.3, -0.25) is 13.9 Å². The Balaban J connectivity index is 1.73. The molecule has 0 spiro atoms. The molecule has 0 aliphatic heterocycles. The molecule has 1 saturated carbocycles. The van der Waals surface area contributed by atoms with E-state index < -0.39 is 16.1 Å². The second-order valence-electron chi connectivity index (χ2n) is 9.42. The number of amides is 2. The third-order valence-electron chi connectivity index (χ3n) is 6.64. The van der Waals surface area contributed by atoms with Gasteiger partial charge in [0, 0.05) is 30.0 Å². The van der Waals surface area contributed by atoms with Gasteiger partial charge in [-0.05, 0) is 56.0 Å². The standard InChI is InChI=1S/C27H36BrN3O5S/c1-20(27(33)29-23-9-4-5-10-23)30(19-21-14-16-22(28)17-15-21)26(32)13-8-18-31(37(3,34)35)24-11-6-7-12-25(24)36-2/h6-7,11-12,14-17,20,23H,4-5,8-10,13,18-19H2,1-3H3,(H,29,33)/t20-/m1/s1. The minimum absolute atomic E-state index is 0.0960. The van der Waals surface area contributed by atoms with Crippen LogP contribution in [0.4, 0.5) is 5.69 Å². The summed E-state index contributed by atoms with van der Waals surface area (Å²) >= 11 is 3.43. The monoisotopic (exact) mass is 593 g/mol. The molecule has 8 nitrogen and oxygen atoms in total. The number of para-hydroxylation sites is 2. The van der Waals surface area contributed by atoms with Crippen molar-refractivity contribution < 1.29 is 22.7 Å². The van der Waals surface area contributed by atoms with Crippen molar-refractivity contribution in [1.82, 2.24) is 10.2 Å². The number of ether oxygens (including phenoxy) is 1. The number of hydrogen-bond acceptors (Lipinski definition) is 5. The Hall–Kier alpha value is -2.59. The van der Waals surface area contributed by atoms with Gasteiger partial charge in [-0.1, -0.05) is 53.0 Å². The van der Waals surface area contributed by atoms with E-state index in [-0.39, 0.29) is 43.8 Å². The molecule has 202 valence electrons. The highest BCUT2D eigenvalue weighted by molar-refractivity contribution is 9.10. The number of carbonyl (C=O) groups excluding carboxylic acids is 2. The zero-order valence-corrected chi connectivity index (χ0v) is 24.1. The van der Waals surface area contributed by atoms with Crippen LogP contribution in [0.15, 0.2) is 53.0 Å². The average molecular weight is 595 g/mol. The zero-order valence-electron chi connectivity index (χ0n) is 21.7. The maximum atomic E-state index is 13.4. The zero-order chi connectivity index (χ0) is 27.0. The third-order valence-corrected chi connectivity index (χ3v) is 8.35. The third kappa shape index (κ3) is 8.20. The molecule has 0 bridgehead atoms. The Kier molecular flexibility index (Phi) is 10.4. The van der Waals surface area contributed by atoms with E-state index in [9.17, 15) is 18.0 Å². The molecule has 0 saturated heterocycles. The van der Waals surface area contributed by atoms with Crippen molar-refractivity contribution in [1.29, 1.82) is 0 Å². The highest BCUT2D eigenvalue weighted by Gasteiger charge is 2.29. The fourth-order valence-corrected chi connectivity index (χ4v) is 5.81. The van der Waals surface area contributed by atoms with Crippen LogP contribution in [0.25, 0.3) is 0 Å². The van der Waals surface area contributed by atoms with E-state index in [4.69, 9.17) is 4.74 Å². The van der Waals surface area contributed by atoms with Crippen molar-refractivity contribution in [3.63, 3.8) is 0 Å². The van der Waals surface area contributed by atoms with E-state index in [2.05, 4.69) is 21.2 Å². The van der Waals surface area contributed by atoms with E-state index in [1.807, 2.05) is 24.3 Å². The molecule has 1 fully saturated rings. The van der Waals surface area contributed by atoms with Gasteiger partial charge in [-0.25, -0.2) is 8.42 Å². The Morgan fingerprint density at radius 1 is 1.11 bits per heavy atom. The number of benzene rings is 2. The van der Waals surface area contributed by atoms with E-state index in [1.54, 1.807) is 36.1 Å². The molecule has 0 radical (unpaired) electrons. The van der Waals surface area contributed by atoms with Gasteiger partial charge in [0.25, 0.3) is 0 Å². The second kappa shape index (κ2) is 13.3. The van der Waals surface area contributed by atoms with Crippen LogP contribution in [-0.2, 0) is 26.2 Å². The summed E-state index contributed by atoms with van der Waals surface area (Å²) in [6, 6.07) is 14.0. The topological polar surface area (TPSA) is 96.0 Å². The van der Waals surface area contributed by atoms with Gasteiger partial charge in [0.2, 0.25) is 21.8 Å². The maximum absolute atomic E-state index is 13.4. The number of anilines is 1. The van der Waals surface area contributed by atoms with Gasteiger partial charge >= 0.3 is 0 Å². The fraction of sp³-hybridized carbons (Fsp3) is 0.481. The first kappa shape index (κ1) is 29.0. The van der Waals surface area contributed by atoms with Crippen molar-refractivity contribution in [3.8, 4) is 5.75 Å². The van der Waals surface area contributed by atoms with Crippen LogP contribution < -0.4 is 14.4 Å². The first-order chi connectivity index (χ1) is 17.6. The molecule has 1 aliphatic carbocycles. The van der Waals surface area contributed by atoms with Crippen LogP contribution in [0.2, 0.25) is 0 Å². The van der Waals surface area contributed by atoms with Crippen LogP contribution in [0, 0.1) is 0 Å². The van der Waals surface area contributed by atoms with Gasteiger partial charge in [-0.15, -0.1) is 0 Å². The molecule has 37 heavy (non-hydrogen) atoms. The molecule has 3 rings (SSSR count). The van der Waals surface area contributed by atoms with E-state index in [1.165, 1.54) is 11.4 Å². The number of nitrogens with one attached hydrogen (secondary N) is 1. The molecular weight excluding hydrogens is 558 g/mol. The summed E-state index contributed by atoms with van der Waals surface area (Å²) in [5.74, 6) is 0.0722. The molecule has 1 atom stereocenters. The molecule has 0 unspecified atom stereocenters. The smallest absolute Gasteiger partial charge is 0.242 e. The van der Waals surface area contributed by atoms with E-state index in [0.29, 0.717) is 11.4 Å². The largest absolute Gasteiger partial charge is 0.495 e. The minimum atomic E-state index is -3.60. The Labute approximate surface area is 228 Å². The quantitative estimate of drug-likeness (QED) is 0.391. The molecule has 10 heteroatoms. The van der Waals surface area contributed by atoms with Crippen LogP contribution in [0.3, 0.4) is 0 Å². The molecule has 0 heterocycles. The van der Waals surface area contributed by atoms with E-state index in [0.717, 1.165) is 42.0 Å². The van der Waals surface area contributed by atoms with Crippen LogP contribution in [-0.4, -0.2) is 57.1 Å². The fourth-order valence-electron chi connectivity index (χ4n) is 4.58. The number of sulfonamides is 1. The number of nitrogens with zero attached hydrogens (tertiary/aromatic N) is 2. The van der Waals surface area contributed by atoms with Gasteiger partial charge in [0.1, 0.15) is 11.8 Å². The number of hydrogen-bond donors (Lipinski definition) is 1. The molecule has 1 aliphatic rings. The van der Waals surface area contributed by atoms with Crippen molar-refractivity contribution in [2.75, 3.05) is 24.2 Å². The molecule has 2 aromatic rings. The van der Waals surface area contributed by atoms with Crippen molar-refractivity contribution in [2.24, 2.45) is 0 Å². The van der Waals surface area contributed by atoms with Crippen molar-refractivity contribution in [3.05, 3.63) is 58.6 Å². The predicted molar refractivity (Wildman–Crippen MR) is 149 cm³/mol. The van der Waals surface area contributed by atoms with Crippen LogP contribution in [0.1, 0.15) is 51.0 Å². The molecule has 2 amide bonds. The lowest BCUT2D eigenvalue weighted by atomic mass is 10.1. The minimum Gasteiger partial charge on any atom is -0.495 e. The van der Waals surface area contributed by atoms with Gasteiger partial charge in [-0.2, -0.15) is 0 Å². The molecular formula is C27H36BrN3O5S. The number of halogens is 1. The van der Waals surface area contributed by atoms with Gasteiger partial charge < -0.3 is 15.0 Å². The van der Waals surface area contributed by atoms with Crippen LogP contribution in [0.5, 0.6) is 5.75 Å². The lowest BCUT2D eigenvalue weighted by Crippen LogP contribution is -2.49. The van der Waals surface area contributed by atoms with E-state index >= 15 is 0 Å². The van der Waals surface area contributed by atoms with Gasteiger partial charge in [0.05, 0.1) is 19.1 Å². The maximum Gasteiger partial charge on any atom is 0.242 e. The summed E-state index contributed by atoms with van der Waals surface area (Å²) in [7, 11) is -2.12. The first-order valence-electron chi connectivity index (χ1n) is 12.5. The highest BCUT2D eigenvalue weighted by atomic mass is 79.9. The number of methoxy groups -OCH3 is 1. The number of rotatable bonds is 12. The van der Waals surface area contributed by atoms with Crippen molar-refractivity contribution in [2.45, 2.75) is 64.1 Å². The van der Waals surface area contributed by atoms with Crippen LogP contribution >= 0.6 is 15.9 Å². The van der Waals surface area contributed by atoms with Crippen molar-refractivity contribution >= 4 is 43.5 Å². The summed E-state index contributed by atoms with van der Waals surface area (Å²) in [5.41, 5.74) is 1.33. The summed E-state index contributed by atoms with van der Waals surface area (Å²) < 4.78 is 32.7. The lowest BCUT2D eigenvalue weighted by molar-refractivity contribution is -0.141. The predicted octanol–water partition coefficient (Wildman–Crippen LogP) is 4.48. The summed E-state index contributed by atoms with van der Waals surface area (Å²) in [4.78, 5) is 28.1. The molecule has 1 N–H and O–H groups in total. The molecule has 0 aromatic heterocycles. The Morgan fingerprint density at radius 2 is 1.76 bits per heavy atom. The number of carbonyl (C=O) groups is 2. The SMILES string of the molecule is COc1ccccc1N(CCCC(=O)N(Cc1ccc(Br)cc1)[C@H](C)C(=O)NC1CCCC1)S(C)(=O)=O. The summed E-state index contributed by atoms with van der Waals surface area (Å²) in [6.07, 6.45) is 5.65. The first-order valence-corrected chi connectivity index (χ1v) is 15.2. The average Bonchev–Trinajstić information content (AvgIpc) is 3.38. The highest BCUT2D eigenvalue weighted by Crippen LogP contribution is 2.30. The normalized spacial score (nSPS) is 14.7. The second-order valence-corrected chi connectivity index (χ2v) is 12.2. The Morgan fingerprint density at radius 3 is 2.38 bits per heavy atom. The molecule has 2 aromatic carbocycles. The Bertz CT molecular complexity index is 1170. The summed E-state index contributed by atoms with van der Waals surface area (Å²) in [6.45, 7) is 2.14. The van der Waals surface area contributed by atoms with Gasteiger partial charge in [0.15, 0.2) is 0 Å². The summed E-state index contributed by atoms with van der Waals surface area (Å²) in [5, 5.41) is 3.10. The lowest BCUT2D eigenvalue weighted by Gasteiger charge is -2.30.